The molecular formula is C28H29N3O5S. The van der Waals surface area contributed by atoms with E-state index in [-0.39, 0.29) is 23.0 Å². The number of aliphatic hydroxyl groups excluding tert-OH is 1. The summed E-state index contributed by atoms with van der Waals surface area (Å²) in [5, 5.41) is 13.4. The lowest BCUT2D eigenvalue weighted by atomic mass is 10.1. The summed E-state index contributed by atoms with van der Waals surface area (Å²) in [6.07, 6.45) is 1.66. The van der Waals surface area contributed by atoms with Crippen molar-refractivity contribution in [1.82, 2.24) is 14.9 Å². The highest BCUT2D eigenvalue weighted by molar-refractivity contribution is 7.91. The average molecular weight is 520 g/mol. The number of pyridine rings is 1. The minimum absolute atomic E-state index is 0.0103. The first-order chi connectivity index (χ1) is 17.7. The van der Waals surface area contributed by atoms with E-state index in [2.05, 4.69) is 10.3 Å². The van der Waals surface area contributed by atoms with Crippen LogP contribution < -0.4 is 5.32 Å². The Morgan fingerprint density at radius 3 is 2.35 bits per heavy atom. The van der Waals surface area contributed by atoms with Crippen molar-refractivity contribution < 1.29 is 23.1 Å². The normalized spacial score (nSPS) is 12.4. The molecule has 0 aliphatic rings. The van der Waals surface area contributed by atoms with E-state index in [1.54, 1.807) is 55.6 Å². The van der Waals surface area contributed by atoms with Gasteiger partial charge in [-0.25, -0.2) is 8.42 Å². The molecule has 2 aromatic heterocycles. The van der Waals surface area contributed by atoms with Gasteiger partial charge in [0.15, 0.2) is 9.84 Å². The SMILES string of the molecule is CCn1c(C(=O)c2ccc(C)cn2)cc2cc(C(=O)N[C@@H](CO)c3ccc(S(=O)(=O)CC)cc3)ccc21. The molecule has 4 rings (SSSR count). The molecule has 0 aliphatic heterocycles. The maximum atomic E-state index is 13.1. The van der Waals surface area contributed by atoms with Gasteiger partial charge in [0, 0.05) is 29.2 Å². The van der Waals surface area contributed by atoms with Crippen LogP contribution in [-0.4, -0.2) is 47.1 Å². The number of amides is 1. The number of rotatable bonds is 9. The Hall–Kier alpha value is -3.82. The van der Waals surface area contributed by atoms with Crippen molar-refractivity contribution in [3.05, 3.63) is 94.9 Å². The molecule has 9 heteroatoms. The van der Waals surface area contributed by atoms with Crippen molar-refractivity contribution in [2.75, 3.05) is 12.4 Å². The summed E-state index contributed by atoms with van der Waals surface area (Å²) >= 11 is 0. The van der Waals surface area contributed by atoms with E-state index in [1.807, 2.05) is 24.5 Å². The fourth-order valence-electron chi connectivity index (χ4n) is 4.22. The second kappa shape index (κ2) is 10.7. The Balaban J connectivity index is 1.59. The van der Waals surface area contributed by atoms with Crippen molar-refractivity contribution in [2.24, 2.45) is 0 Å². The molecule has 0 fully saturated rings. The molecule has 192 valence electrons. The smallest absolute Gasteiger partial charge is 0.251 e. The van der Waals surface area contributed by atoms with E-state index >= 15 is 0 Å². The zero-order valence-electron chi connectivity index (χ0n) is 20.9. The number of sulfone groups is 1. The number of nitrogens with one attached hydrogen (secondary N) is 1. The highest BCUT2D eigenvalue weighted by Gasteiger charge is 2.20. The van der Waals surface area contributed by atoms with E-state index in [4.69, 9.17) is 0 Å². The summed E-state index contributed by atoms with van der Waals surface area (Å²) in [5.41, 5.74) is 3.58. The van der Waals surface area contributed by atoms with Crippen molar-refractivity contribution in [3.8, 4) is 0 Å². The van der Waals surface area contributed by atoms with Crippen LogP contribution in [0.4, 0.5) is 0 Å². The lowest BCUT2D eigenvalue weighted by molar-refractivity contribution is 0.0916. The molecule has 0 spiro atoms. The van der Waals surface area contributed by atoms with Crippen molar-refractivity contribution in [3.63, 3.8) is 0 Å². The van der Waals surface area contributed by atoms with Gasteiger partial charge in [0.1, 0.15) is 5.69 Å². The number of aryl methyl sites for hydroxylation is 2. The van der Waals surface area contributed by atoms with E-state index in [9.17, 15) is 23.1 Å². The van der Waals surface area contributed by atoms with Gasteiger partial charge < -0.3 is 15.0 Å². The molecule has 0 bridgehead atoms. The van der Waals surface area contributed by atoms with Gasteiger partial charge in [-0.3, -0.25) is 14.6 Å². The standard InChI is InChI=1S/C28H29N3O5S/c1-4-31-25-13-9-20(14-21(25)15-26(31)27(33)23-12-6-18(3)16-29-23)28(34)30-24(17-32)19-7-10-22(11-8-19)37(35,36)5-2/h6-16,24,32H,4-5,17H2,1-3H3,(H,30,34)/t24-/m0/s1. The second-order valence-electron chi connectivity index (χ2n) is 8.78. The van der Waals surface area contributed by atoms with Crippen molar-refractivity contribution in [2.45, 2.75) is 38.3 Å². The number of aromatic nitrogens is 2. The van der Waals surface area contributed by atoms with E-state index in [1.165, 1.54) is 12.1 Å². The van der Waals surface area contributed by atoms with Gasteiger partial charge >= 0.3 is 0 Å². The minimum atomic E-state index is -3.34. The number of benzene rings is 2. The van der Waals surface area contributed by atoms with E-state index < -0.39 is 21.8 Å². The van der Waals surface area contributed by atoms with Gasteiger partial charge in [0.25, 0.3) is 5.91 Å². The lowest BCUT2D eigenvalue weighted by Gasteiger charge is -2.17. The Morgan fingerprint density at radius 1 is 1.03 bits per heavy atom. The van der Waals surface area contributed by atoms with Crippen LogP contribution in [-0.2, 0) is 16.4 Å². The van der Waals surface area contributed by atoms with Gasteiger partial charge in [0.05, 0.1) is 29.0 Å². The first-order valence-electron chi connectivity index (χ1n) is 12.0. The quantitative estimate of drug-likeness (QED) is 0.324. The highest BCUT2D eigenvalue weighted by Crippen LogP contribution is 2.24. The molecule has 2 heterocycles. The molecule has 0 saturated carbocycles. The van der Waals surface area contributed by atoms with Crippen LogP contribution >= 0.6 is 0 Å². The fourth-order valence-corrected chi connectivity index (χ4v) is 5.11. The number of fused-ring (bicyclic) bond motifs is 1. The molecule has 0 unspecified atom stereocenters. The zero-order valence-corrected chi connectivity index (χ0v) is 21.7. The third kappa shape index (κ3) is 5.33. The number of carbonyl (C=O) groups is 2. The average Bonchev–Trinajstić information content (AvgIpc) is 3.29. The van der Waals surface area contributed by atoms with Crippen LogP contribution in [0, 0.1) is 6.92 Å². The van der Waals surface area contributed by atoms with Gasteiger partial charge in [-0.2, -0.15) is 0 Å². The first kappa shape index (κ1) is 26.2. The van der Waals surface area contributed by atoms with Crippen LogP contribution in [0.3, 0.4) is 0 Å². The van der Waals surface area contributed by atoms with Gasteiger partial charge in [-0.15, -0.1) is 0 Å². The lowest BCUT2D eigenvalue weighted by Crippen LogP contribution is -2.30. The molecule has 0 saturated heterocycles. The first-order valence-corrected chi connectivity index (χ1v) is 13.7. The maximum absolute atomic E-state index is 13.1. The Labute approximate surface area is 215 Å². The number of hydrogen-bond donors (Lipinski definition) is 2. The van der Waals surface area contributed by atoms with Crippen LogP contribution in [0.25, 0.3) is 10.9 Å². The van der Waals surface area contributed by atoms with Gasteiger partial charge in [-0.1, -0.05) is 25.1 Å². The van der Waals surface area contributed by atoms with Crippen LogP contribution in [0.15, 0.2) is 71.8 Å². The predicted molar refractivity (Wildman–Crippen MR) is 141 cm³/mol. The predicted octanol–water partition coefficient (Wildman–Crippen LogP) is 3.85. The number of aliphatic hydroxyl groups is 1. The molecule has 2 aromatic carbocycles. The minimum Gasteiger partial charge on any atom is -0.394 e. The molecular weight excluding hydrogens is 490 g/mol. The number of ketones is 1. The molecule has 4 aromatic rings. The summed E-state index contributed by atoms with van der Waals surface area (Å²) in [6, 6.07) is 15.9. The Bertz CT molecular complexity index is 1560. The van der Waals surface area contributed by atoms with Gasteiger partial charge in [0.2, 0.25) is 5.78 Å². The van der Waals surface area contributed by atoms with Crippen molar-refractivity contribution >= 4 is 32.4 Å². The largest absolute Gasteiger partial charge is 0.394 e. The van der Waals surface area contributed by atoms with Gasteiger partial charge in [-0.05, 0) is 67.4 Å². The molecule has 1 atom stereocenters. The molecule has 0 radical (unpaired) electrons. The van der Waals surface area contributed by atoms with Crippen molar-refractivity contribution in [1.29, 1.82) is 0 Å². The van der Waals surface area contributed by atoms with E-state index in [0.29, 0.717) is 29.1 Å². The van der Waals surface area contributed by atoms with E-state index in [0.717, 1.165) is 16.5 Å². The van der Waals surface area contributed by atoms with Crippen LogP contribution in [0.1, 0.15) is 57.6 Å². The summed E-state index contributed by atoms with van der Waals surface area (Å²) in [4.78, 5) is 30.6. The number of hydrogen-bond acceptors (Lipinski definition) is 6. The molecule has 2 N–H and O–H groups in total. The molecule has 1 amide bonds. The number of carbonyl (C=O) groups excluding carboxylic acids is 2. The third-order valence-electron chi connectivity index (χ3n) is 6.37. The zero-order chi connectivity index (χ0) is 26.7. The second-order valence-corrected chi connectivity index (χ2v) is 11.1. The van der Waals surface area contributed by atoms with Crippen LogP contribution in [0.5, 0.6) is 0 Å². The summed E-state index contributed by atoms with van der Waals surface area (Å²) in [5.74, 6) is -0.606. The monoisotopic (exact) mass is 519 g/mol. The Morgan fingerprint density at radius 2 is 1.76 bits per heavy atom. The van der Waals surface area contributed by atoms with Crippen LogP contribution in [0.2, 0.25) is 0 Å². The summed E-state index contributed by atoms with van der Waals surface area (Å²) < 4.78 is 26.0. The molecule has 8 nitrogen and oxygen atoms in total. The highest BCUT2D eigenvalue weighted by atomic mass is 32.2. The maximum Gasteiger partial charge on any atom is 0.251 e. The fraction of sp³-hybridized carbons (Fsp3) is 0.250. The third-order valence-corrected chi connectivity index (χ3v) is 8.12. The summed E-state index contributed by atoms with van der Waals surface area (Å²) in [6.45, 7) is 5.64. The molecule has 37 heavy (non-hydrogen) atoms. The number of nitrogens with zero attached hydrogens (tertiary/aromatic N) is 2. The summed E-state index contributed by atoms with van der Waals surface area (Å²) in [7, 11) is -3.34. The Kier molecular flexibility index (Phi) is 7.56. The molecule has 0 aliphatic carbocycles. The topological polar surface area (TPSA) is 118 Å².